The number of aliphatic hydroxyl groups is 3. The van der Waals surface area contributed by atoms with Crippen molar-refractivity contribution in [2.75, 3.05) is 0 Å². The van der Waals surface area contributed by atoms with Crippen LogP contribution in [0, 0.1) is 11.3 Å². The fourth-order valence-electron chi connectivity index (χ4n) is 1.89. The van der Waals surface area contributed by atoms with Gasteiger partial charge in [0.1, 0.15) is 24.1 Å². The SMILES string of the molecule is N#Cc1ccc(O[C@@H]2O[C@H](C(=O)O)[C@@H](O)[C@H](O)[C@H]2O)cc1. The highest BCUT2D eigenvalue weighted by Gasteiger charge is 2.48. The van der Waals surface area contributed by atoms with Gasteiger partial charge < -0.3 is 29.9 Å². The van der Waals surface area contributed by atoms with Crippen LogP contribution in [0.3, 0.4) is 0 Å². The average molecular weight is 295 g/mol. The minimum Gasteiger partial charge on any atom is -0.479 e. The van der Waals surface area contributed by atoms with Gasteiger partial charge in [0.15, 0.2) is 6.10 Å². The Kier molecular flexibility index (Phi) is 4.40. The Morgan fingerprint density at radius 1 is 1.14 bits per heavy atom. The van der Waals surface area contributed by atoms with Crippen molar-refractivity contribution in [3.63, 3.8) is 0 Å². The first-order valence-electron chi connectivity index (χ1n) is 6.03. The maximum Gasteiger partial charge on any atom is 0.335 e. The first-order valence-corrected chi connectivity index (χ1v) is 6.03. The molecule has 0 unspecified atom stereocenters. The number of nitriles is 1. The number of carboxylic acids is 1. The fraction of sp³-hybridized carbons (Fsp3) is 0.385. The van der Waals surface area contributed by atoms with E-state index < -0.39 is 36.7 Å². The van der Waals surface area contributed by atoms with E-state index in [4.69, 9.17) is 19.8 Å². The molecule has 1 aromatic rings. The highest BCUT2D eigenvalue weighted by molar-refractivity contribution is 5.73. The van der Waals surface area contributed by atoms with E-state index in [0.717, 1.165) is 0 Å². The summed E-state index contributed by atoms with van der Waals surface area (Å²) in [6, 6.07) is 7.70. The number of hydrogen-bond acceptors (Lipinski definition) is 7. The summed E-state index contributed by atoms with van der Waals surface area (Å²) in [5.74, 6) is -1.27. The van der Waals surface area contributed by atoms with Crippen molar-refractivity contribution >= 4 is 5.97 Å². The third-order valence-corrected chi connectivity index (χ3v) is 3.05. The summed E-state index contributed by atoms with van der Waals surface area (Å²) in [6.07, 6.45) is -8.28. The van der Waals surface area contributed by atoms with E-state index in [1.807, 2.05) is 6.07 Å². The molecule has 4 N–H and O–H groups in total. The van der Waals surface area contributed by atoms with E-state index >= 15 is 0 Å². The van der Waals surface area contributed by atoms with Crippen LogP contribution in [0.15, 0.2) is 24.3 Å². The molecule has 0 bridgehead atoms. The summed E-state index contributed by atoms with van der Waals surface area (Å²) < 4.78 is 10.2. The third kappa shape index (κ3) is 3.12. The number of benzene rings is 1. The third-order valence-electron chi connectivity index (χ3n) is 3.05. The molecule has 8 nitrogen and oxygen atoms in total. The molecule has 1 heterocycles. The zero-order chi connectivity index (χ0) is 15.6. The van der Waals surface area contributed by atoms with E-state index in [9.17, 15) is 20.1 Å². The van der Waals surface area contributed by atoms with Gasteiger partial charge in [0.25, 0.3) is 0 Å². The zero-order valence-electron chi connectivity index (χ0n) is 10.7. The Bertz CT molecular complexity index is 553. The smallest absolute Gasteiger partial charge is 0.335 e. The van der Waals surface area contributed by atoms with Gasteiger partial charge >= 0.3 is 5.97 Å². The van der Waals surface area contributed by atoms with Crippen molar-refractivity contribution in [2.24, 2.45) is 0 Å². The summed E-state index contributed by atoms with van der Waals surface area (Å²) in [5, 5.41) is 46.5. The Morgan fingerprint density at radius 2 is 1.76 bits per heavy atom. The predicted octanol–water partition coefficient (Wildman–Crippen LogP) is -1.17. The van der Waals surface area contributed by atoms with Crippen molar-refractivity contribution in [3.05, 3.63) is 29.8 Å². The summed E-state index contributed by atoms with van der Waals surface area (Å²) in [7, 11) is 0. The lowest BCUT2D eigenvalue weighted by atomic mass is 9.99. The van der Waals surface area contributed by atoms with Gasteiger partial charge in [-0.1, -0.05) is 0 Å². The molecule has 0 aromatic heterocycles. The van der Waals surface area contributed by atoms with Crippen molar-refractivity contribution in [3.8, 4) is 11.8 Å². The van der Waals surface area contributed by atoms with Crippen molar-refractivity contribution in [1.29, 1.82) is 5.26 Å². The van der Waals surface area contributed by atoms with Crippen LogP contribution in [0.4, 0.5) is 0 Å². The molecular formula is C13H13NO7. The first-order chi connectivity index (χ1) is 9.93. The molecule has 21 heavy (non-hydrogen) atoms. The molecule has 0 radical (unpaired) electrons. The van der Waals surface area contributed by atoms with Gasteiger partial charge in [-0.25, -0.2) is 4.79 Å². The lowest BCUT2D eigenvalue weighted by Crippen LogP contribution is -2.61. The standard InChI is InChI=1S/C13H13NO7/c14-5-6-1-3-7(4-2-6)20-13-10(17)8(15)9(16)11(21-13)12(18)19/h1-4,8-11,13,15-17H,(H,18,19)/t8-,9-,10+,11-,13+/m0/s1. The number of ether oxygens (including phenoxy) is 2. The van der Waals surface area contributed by atoms with Gasteiger partial charge in [0.05, 0.1) is 11.6 Å². The average Bonchev–Trinajstić information content (AvgIpc) is 2.48. The maximum atomic E-state index is 10.9. The predicted molar refractivity (Wildman–Crippen MR) is 66.1 cm³/mol. The highest BCUT2D eigenvalue weighted by atomic mass is 16.7. The van der Waals surface area contributed by atoms with E-state index in [-0.39, 0.29) is 5.75 Å². The first kappa shape index (κ1) is 15.2. The number of aliphatic hydroxyl groups excluding tert-OH is 3. The van der Waals surface area contributed by atoms with Crippen LogP contribution in [0.5, 0.6) is 5.75 Å². The fourth-order valence-corrected chi connectivity index (χ4v) is 1.89. The number of hydrogen-bond donors (Lipinski definition) is 4. The minimum atomic E-state index is -1.77. The van der Waals surface area contributed by atoms with Crippen LogP contribution in [-0.4, -0.2) is 57.1 Å². The molecule has 112 valence electrons. The number of carboxylic acid groups (broad SMARTS) is 1. The summed E-state index contributed by atoms with van der Waals surface area (Å²) in [5.41, 5.74) is 0.395. The second kappa shape index (κ2) is 6.07. The normalized spacial score (nSPS) is 32.2. The Labute approximate surface area is 119 Å². The molecule has 0 aliphatic carbocycles. The lowest BCUT2D eigenvalue weighted by molar-refractivity contribution is -0.271. The molecule has 1 aromatic carbocycles. The quantitative estimate of drug-likeness (QED) is 0.546. The van der Waals surface area contributed by atoms with Crippen LogP contribution in [0.25, 0.3) is 0 Å². The van der Waals surface area contributed by atoms with Crippen LogP contribution >= 0.6 is 0 Å². The molecule has 1 saturated heterocycles. The van der Waals surface area contributed by atoms with Crippen molar-refractivity contribution in [1.82, 2.24) is 0 Å². The maximum absolute atomic E-state index is 10.9. The minimum absolute atomic E-state index is 0.214. The molecule has 1 aliphatic heterocycles. The number of rotatable bonds is 3. The van der Waals surface area contributed by atoms with Gasteiger partial charge in [0.2, 0.25) is 6.29 Å². The topological polar surface area (TPSA) is 140 Å². The van der Waals surface area contributed by atoms with Crippen LogP contribution in [0.1, 0.15) is 5.56 Å². The number of nitrogens with zero attached hydrogens (tertiary/aromatic N) is 1. The summed E-state index contributed by atoms with van der Waals surface area (Å²) >= 11 is 0. The van der Waals surface area contributed by atoms with E-state index in [2.05, 4.69) is 0 Å². The Morgan fingerprint density at radius 3 is 2.29 bits per heavy atom. The molecule has 0 spiro atoms. The largest absolute Gasteiger partial charge is 0.479 e. The number of aliphatic carboxylic acids is 1. The monoisotopic (exact) mass is 295 g/mol. The second-order valence-corrected chi connectivity index (χ2v) is 4.49. The Balaban J connectivity index is 2.14. The van der Waals surface area contributed by atoms with Crippen LogP contribution < -0.4 is 4.74 Å². The molecule has 1 aliphatic rings. The highest BCUT2D eigenvalue weighted by Crippen LogP contribution is 2.24. The molecule has 5 atom stereocenters. The molecular weight excluding hydrogens is 282 g/mol. The molecule has 0 saturated carbocycles. The van der Waals surface area contributed by atoms with Gasteiger partial charge in [-0.05, 0) is 24.3 Å². The summed E-state index contributed by atoms with van der Waals surface area (Å²) in [6.45, 7) is 0. The van der Waals surface area contributed by atoms with Gasteiger partial charge in [0, 0.05) is 0 Å². The summed E-state index contributed by atoms with van der Waals surface area (Å²) in [4.78, 5) is 10.9. The van der Waals surface area contributed by atoms with Gasteiger partial charge in [-0.3, -0.25) is 0 Å². The van der Waals surface area contributed by atoms with Gasteiger partial charge in [-0.2, -0.15) is 5.26 Å². The van der Waals surface area contributed by atoms with E-state index in [1.165, 1.54) is 24.3 Å². The van der Waals surface area contributed by atoms with Crippen molar-refractivity contribution in [2.45, 2.75) is 30.7 Å². The Hall–Kier alpha value is -2.18. The van der Waals surface area contributed by atoms with Gasteiger partial charge in [-0.15, -0.1) is 0 Å². The molecule has 1 fully saturated rings. The lowest BCUT2D eigenvalue weighted by Gasteiger charge is -2.38. The molecule has 8 heteroatoms. The molecule has 2 rings (SSSR count). The number of carbonyl (C=O) groups is 1. The second-order valence-electron chi connectivity index (χ2n) is 4.49. The van der Waals surface area contributed by atoms with E-state index in [1.54, 1.807) is 0 Å². The van der Waals surface area contributed by atoms with E-state index in [0.29, 0.717) is 5.56 Å². The van der Waals surface area contributed by atoms with Crippen LogP contribution in [0.2, 0.25) is 0 Å². The van der Waals surface area contributed by atoms with Crippen LogP contribution in [-0.2, 0) is 9.53 Å². The van der Waals surface area contributed by atoms with Crippen molar-refractivity contribution < 1.29 is 34.7 Å². The zero-order valence-corrected chi connectivity index (χ0v) is 10.7. The molecule has 0 amide bonds.